The normalized spacial score (nSPS) is 12.2. The Morgan fingerprint density at radius 3 is 2.47 bits per heavy atom. The highest BCUT2D eigenvalue weighted by atomic mass is 35.5. The molecule has 1 amide bonds. The van der Waals surface area contributed by atoms with Crippen LogP contribution in [0.5, 0.6) is 0 Å². The van der Waals surface area contributed by atoms with E-state index in [0.29, 0.717) is 5.02 Å². The topological polar surface area (TPSA) is 38.1 Å². The predicted octanol–water partition coefficient (Wildman–Crippen LogP) is 2.85. The summed E-state index contributed by atoms with van der Waals surface area (Å²) in [5, 5.41) is 5.13. The number of carbonyl (C=O) groups excluding carboxylic acids is 1. The van der Waals surface area contributed by atoms with Gasteiger partial charge in [-0.3, -0.25) is 9.48 Å². The van der Waals surface area contributed by atoms with Crippen LogP contribution in [0.15, 0.2) is 36.5 Å². The fourth-order valence-corrected chi connectivity index (χ4v) is 1.94. The van der Waals surface area contributed by atoms with Crippen LogP contribution in [0.25, 0.3) is 11.3 Å². The van der Waals surface area contributed by atoms with E-state index in [1.165, 1.54) is 0 Å². The molecule has 1 unspecified atom stereocenters. The highest BCUT2D eigenvalue weighted by molar-refractivity contribution is 6.30. The van der Waals surface area contributed by atoms with Gasteiger partial charge in [-0.05, 0) is 25.1 Å². The summed E-state index contributed by atoms with van der Waals surface area (Å²) in [6.07, 6.45) is 1.82. The molecule has 0 aliphatic rings. The van der Waals surface area contributed by atoms with Crippen LogP contribution in [0, 0.1) is 0 Å². The monoisotopic (exact) mass is 277 g/mol. The van der Waals surface area contributed by atoms with E-state index < -0.39 is 0 Å². The minimum absolute atomic E-state index is 0.0192. The van der Waals surface area contributed by atoms with E-state index >= 15 is 0 Å². The molecule has 4 nitrogen and oxygen atoms in total. The first kappa shape index (κ1) is 13.6. The number of rotatable bonds is 3. The number of hydrogen-bond donors (Lipinski definition) is 0. The maximum atomic E-state index is 11.9. The molecule has 0 aliphatic carbocycles. The van der Waals surface area contributed by atoms with Crippen molar-refractivity contribution in [3.63, 3.8) is 0 Å². The first-order valence-electron chi connectivity index (χ1n) is 6.01. The van der Waals surface area contributed by atoms with Crippen LogP contribution >= 0.6 is 11.6 Å². The van der Waals surface area contributed by atoms with E-state index in [1.54, 1.807) is 23.7 Å². The molecule has 2 rings (SSSR count). The second kappa shape index (κ2) is 5.45. The van der Waals surface area contributed by atoms with Gasteiger partial charge in [0.15, 0.2) is 0 Å². The molecule has 100 valence electrons. The fourth-order valence-electron chi connectivity index (χ4n) is 1.82. The zero-order valence-electron chi connectivity index (χ0n) is 11.2. The fraction of sp³-hybridized carbons (Fsp3) is 0.286. The lowest BCUT2D eigenvalue weighted by molar-refractivity contribution is -0.131. The van der Waals surface area contributed by atoms with E-state index in [4.69, 9.17) is 11.6 Å². The zero-order valence-corrected chi connectivity index (χ0v) is 11.9. The number of aromatic nitrogens is 2. The summed E-state index contributed by atoms with van der Waals surface area (Å²) in [7, 11) is 3.48. The van der Waals surface area contributed by atoms with Gasteiger partial charge < -0.3 is 4.90 Å². The minimum Gasteiger partial charge on any atom is -0.347 e. The second-order valence-electron chi connectivity index (χ2n) is 4.60. The molecule has 0 fully saturated rings. The number of nitrogens with zero attached hydrogens (tertiary/aromatic N) is 3. The smallest absolute Gasteiger partial charge is 0.246 e. The van der Waals surface area contributed by atoms with Gasteiger partial charge in [-0.25, -0.2) is 0 Å². The summed E-state index contributed by atoms with van der Waals surface area (Å²) in [5.41, 5.74) is 1.81. The first-order valence-corrected chi connectivity index (χ1v) is 6.39. The summed E-state index contributed by atoms with van der Waals surface area (Å²) in [5.74, 6) is 0.0192. The average Bonchev–Trinajstić information content (AvgIpc) is 2.87. The quantitative estimate of drug-likeness (QED) is 0.865. The van der Waals surface area contributed by atoms with Crippen LogP contribution in [0.2, 0.25) is 5.02 Å². The SMILES string of the molecule is CC(C(=O)N(C)C)n1ccc(-c2ccc(Cl)cc2)n1. The minimum atomic E-state index is -0.309. The molecule has 0 radical (unpaired) electrons. The van der Waals surface area contributed by atoms with Gasteiger partial charge in [0.25, 0.3) is 0 Å². The molecule has 1 aromatic carbocycles. The standard InChI is InChI=1S/C14H16ClN3O/c1-10(14(19)17(2)3)18-9-8-13(16-18)11-4-6-12(15)7-5-11/h4-10H,1-3H3. The molecule has 5 heteroatoms. The number of benzene rings is 1. The van der Waals surface area contributed by atoms with E-state index in [-0.39, 0.29) is 11.9 Å². The van der Waals surface area contributed by atoms with Crippen LogP contribution < -0.4 is 0 Å². The largest absolute Gasteiger partial charge is 0.347 e. The average molecular weight is 278 g/mol. The lowest BCUT2D eigenvalue weighted by Crippen LogP contribution is -2.30. The summed E-state index contributed by atoms with van der Waals surface area (Å²) >= 11 is 5.86. The summed E-state index contributed by atoms with van der Waals surface area (Å²) in [6.45, 7) is 1.83. The third kappa shape index (κ3) is 2.96. The van der Waals surface area contributed by atoms with E-state index in [0.717, 1.165) is 11.3 Å². The van der Waals surface area contributed by atoms with Crippen molar-refractivity contribution in [2.24, 2.45) is 0 Å². The summed E-state index contributed by atoms with van der Waals surface area (Å²) < 4.78 is 1.67. The van der Waals surface area contributed by atoms with Crippen LogP contribution in [-0.2, 0) is 4.79 Å². The van der Waals surface area contributed by atoms with Crippen molar-refractivity contribution < 1.29 is 4.79 Å². The molecule has 0 bridgehead atoms. The summed E-state index contributed by atoms with van der Waals surface area (Å²) in [4.78, 5) is 13.4. The maximum Gasteiger partial charge on any atom is 0.246 e. The Kier molecular flexibility index (Phi) is 3.90. The Labute approximate surface area is 117 Å². The summed E-state index contributed by atoms with van der Waals surface area (Å²) in [6, 6.07) is 9.05. The van der Waals surface area contributed by atoms with Crippen LogP contribution in [-0.4, -0.2) is 34.7 Å². The van der Waals surface area contributed by atoms with Crippen LogP contribution in [0.1, 0.15) is 13.0 Å². The molecule has 19 heavy (non-hydrogen) atoms. The Hall–Kier alpha value is -1.81. The molecule has 2 aromatic rings. The first-order chi connectivity index (χ1) is 8.99. The van der Waals surface area contributed by atoms with Gasteiger partial charge in [-0.15, -0.1) is 0 Å². The highest BCUT2D eigenvalue weighted by Crippen LogP contribution is 2.20. The zero-order chi connectivity index (χ0) is 14.0. The van der Waals surface area contributed by atoms with Crippen molar-refractivity contribution in [1.82, 2.24) is 14.7 Å². The Morgan fingerprint density at radius 2 is 1.89 bits per heavy atom. The van der Waals surface area contributed by atoms with Crippen molar-refractivity contribution in [3.8, 4) is 11.3 Å². The maximum absolute atomic E-state index is 11.9. The van der Waals surface area contributed by atoms with E-state index in [1.807, 2.05) is 43.5 Å². The Morgan fingerprint density at radius 1 is 1.26 bits per heavy atom. The Bertz CT molecular complexity index is 575. The molecular formula is C14H16ClN3O. The van der Waals surface area contributed by atoms with Gasteiger partial charge in [0.1, 0.15) is 6.04 Å². The van der Waals surface area contributed by atoms with Crippen molar-refractivity contribution in [1.29, 1.82) is 0 Å². The molecule has 0 aliphatic heterocycles. The molecule has 1 aromatic heterocycles. The van der Waals surface area contributed by atoms with Crippen molar-refractivity contribution in [3.05, 3.63) is 41.6 Å². The number of amides is 1. The van der Waals surface area contributed by atoms with Gasteiger partial charge in [0.2, 0.25) is 5.91 Å². The predicted molar refractivity (Wildman–Crippen MR) is 76.1 cm³/mol. The van der Waals surface area contributed by atoms with Crippen LogP contribution in [0.4, 0.5) is 0 Å². The number of carbonyl (C=O) groups is 1. The van der Waals surface area contributed by atoms with Gasteiger partial charge in [-0.2, -0.15) is 5.10 Å². The molecule has 0 N–H and O–H groups in total. The van der Waals surface area contributed by atoms with Crippen LogP contribution in [0.3, 0.4) is 0 Å². The van der Waals surface area contributed by atoms with Crippen molar-refractivity contribution in [2.45, 2.75) is 13.0 Å². The highest BCUT2D eigenvalue weighted by Gasteiger charge is 2.17. The van der Waals surface area contributed by atoms with E-state index in [2.05, 4.69) is 5.10 Å². The second-order valence-corrected chi connectivity index (χ2v) is 5.03. The lowest BCUT2D eigenvalue weighted by Gasteiger charge is -2.16. The Balaban J connectivity index is 2.24. The number of hydrogen-bond acceptors (Lipinski definition) is 2. The van der Waals surface area contributed by atoms with Gasteiger partial charge in [0.05, 0.1) is 5.69 Å². The molecule has 1 heterocycles. The van der Waals surface area contributed by atoms with Crippen molar-refractivity contribution in [2.75, 3.05) is 14.1 Å². The van der Waals surface area contributed by atoms with E-state index in [9.17, 15) is 4.79 Å². The molecule has 1 atom stereocenters. The number of halogens is 1. The lowest BCUT2D eigenvalue weighted by atomic mass is 10.2. The van der Waals surface area contributed by atoms with Gasteiger partial charge in [-0.1, -0.05) is 23.7 Å². The van der Waals surface area contributed by atoms with Crippen molar-refractivity contribution >= 4 is 17.5 Å². The third-order valence-electron chi connectivity index (χ3n) is 2.94. The van der Waals surface area contributed by atoms with Gasteiger partial charge >= 0.3 is 0 Å². The molecular weight excluding hydrogens is 262 g/mol. The van der Waals surface area contributed by atoms with Gasteiger partial charge in [0, 0.05) is 30.9 Å². The molecule has 0 spiro atoms. The molecule has 0 saturated carbocycles. The third-order valence-corrected chi connectivity index (χ3v) is 3.20. The molecule has 0 saturated heterocycles. The number of likely N-dealkylation sites (N-methyl/N-ethyl adjacent to an activating group) is 1.